The van der Waals surface area contributed by atoms with E-state index in [4.69, 9.17) is 33.9 Å². The number of piperidine rings is 1. The number of hydrogen-bond donors (Lipinski definition) is 3. The zero-order valence-electron chi connectivity index (χ0n) is 21.7. The molecule has 2 aromatic carbocycles. The molecule has 1 aliphatic rings. The molecule has 1 amide bonds. The van der Waals surface area contributed by atoms with Gasteiger partial charge in [0.1, 0.15) is 5.82 Å². The average Bonchev–Trinajstić information content (AvgIpc) is 3.27. The summed E-state index contributed by atoms with van der Waals surface area (Å²) >= 11 is 12.8. The minimum absolute atomic E-state index is 0.0799. The smallest absolute Gasteiger partial charge is 0.274 e. The first-order chi connectivity index (χ1) is 17.8. The lowest BCUT2D eigenvalue weighted by Gasteiger charge is -2.41. The Balaban J connectivity index is 1.81. The van der Waals surface area contributed by atoms with Gasteiger partial charge in [0.2, 0.25) is 0 Å². The van der Waals surface area contributed by atoms with Gasteiger partial charge < -0.3 is 21.3 Å². The molecule has 2 heterocycles. The summed E-state index contributed by atoms with van der Waals surface area (Å²) < 4.78 is 2.02. The monoisotopic (exact) mass is 542 g/mol. The number of hydrogen-bond acceptors (Lipinski definition) is 5. The van der Waals surface area contributed by atoms with Crippen LogP contribution in [0.1, 0.15) is 49.8 Å². The molecular formula is C28H36Cl2N6O. The summed E-state index contributed by atoms with van der Waals surface area (Å²) in [6.07, 6.45) is 1.61. The van der Waals surface area contributed by atoms with Crippen molar-refractivity contribution in [1.29, 1.82) is 0 Å². The van der Waals surface area contributed by atoms with Crippen LogP contribution < -0.4 is 16.4 Å². The number of likely N-dealkylation sites (tertiary alicyclic amines) is 1. The maximum Gasteiger partial charge on any atom is 0.274 e. The van der Waals surface area contributed by atoms with Crippen molar-refractivity contribution in [1.82, 2.24) is 25.1 Å². The number of nitrogens with two attached hydrogens (primary N) is 1. The molecule has 37 heavy (non-hydrogen) atoms. The Morgan fingerprint density at radius 3 is 2.38 bits per heavy atom. The Bertz CT molecular complexity index is 1220. The minimum Gasteiger partial charge on any atom is -0.337 e. The van der Waals surface area contributed by atoms with E-state index in [0.29, 0.717) is 47.7 Å². The summed E-state index contributed by atoms with van der Waals surface area (Å²) in [6, 6.07) is 15.3. The van der Waals surface area contributed by atoms with Gasteiger partial charge in [0.15, 0.2) is 5.69 Å². The second-order valence-electron chi connectivity index (χ2n) is 9.86. The van der Waals surface area contributed by atoms with Gasteiger partial charge in [-0.25, -0.2) is 4.98 Å². The molecule has 0 spiro atoms. The second-order valence-corrected chi connectivity index (χ2v) is 10.7. The third-order valence-electron chi connectivity index (χ3n) is 7.00. The molecule has 198 valence electrons. The van der Waals surface area contributed by atoms with Crippen molar-refractivity contribution >= 4 is 29.1 Å². The van der Waals surface area contributed by atoms with E-state index in [0.717, 1.165) is 36.3 Å². The lowest BCUT2D eigenvalue weighted by Crippen LogP contribution is -2.58. The van der Waals surface area contributed by atoms with Crippen LogP contribution in [-0.2, 0) is 6.54 Å². The first-order valence-electron chi connectivity index (χ1n) is 12.9. The molecule has 9 heteroatoms. The van der Waals surface area contributed by atoms with Gasteiger partial charge in [0.25, 0.3) is 5.91 Å². The summed E-state index contributed by atoms with van der Waals surface area (Å²) in [4.78, 5) is 20.9. The van der Waals surface area contributed by atoms with Gasteiger partial charge in [-0.05, 0) is 55.8 Å². The van der Waals surface area contributed by atoms with Crippen LogP contribution in [0.15, 0.2) is 48.5 Å². The van der Waals surface area contributed by atoms with Crippen LogP contribution in [0.25, 0.3) is 17.1 Å². The molecule has 0 atom stereocenters. The van der Waals surface area contributed by atoms with Crippen molar-refractivity contribution in [3.63, 3.8) is 0 Å². The average molecular weight is 544 g/mol. The molecule has 4 N–H and O–H groups in total. The van der Waals surface area contributed by atoms with Crippen molar-refractivity contribution in [3.8, 4) is 17.1 Å². The highest BCUT2D eigenvalue weighted by Crippen LogP contribution is 2.33. The maximum absolute atomic E-state index is 14.0. The fraction of sp³-hybridized carbons (Fsp3) is 0.429. The number of aromatic nitrogens is 2. The number of rotatable bonds is 9. The molecule has 0 saturated carbocycles. The van der Waals surface area contributed by atoms with Gasteiger partial charge in [-0.2, -0.15) is 0 Å². The van der Waals surface area contributed by atoms with Gasteiger partial charge >= 0.3 is 0 Å². The van der Waals surface area contributed by atoms with Gasteiger partial charge in [0.05, 0.1) is 10.7 Å². The number of benzene rings is 2. The van der Waals surface area contributed by atoms with Gasteiger partial charge in [-0.1, -0.05) is 56.1 Å². The second kappa shape index (κ2) is 12.0. The van der Waals surface area contributed by atoms with Crippen LogP contribution in [0.2, 0.25) is 10.0 Å². The summed E-state index contributed by atoms with van der Waals surface area (Å²) in [5.74, 6) is 0.543. The quantitative estimate of drug-likeness (QED) is 0.358. The molecule has 0 bridgehead atoms. The zero-order valence-corrected chi connectivity index (χ0v) is 23.2. The Kier molecular flexibility index (Phi) is 8.93. The number of imidazole rings is 1. The normalized spacial score (nSPS) is 15.4. The molecule has 0 unspecified atom stereocenters. The molecule has 1 aliphatic heterocycles. The highest BCUT2D eigenvalue weighted by molar-refractivity contribution is 6.33. The summed E-state index contributed by atoms with van der Waals surface area (Å²) in [7, 11) is 0. The molecule has 7 nitrogen and oxygen atoms in total. The molecule has 4 rings (SSSR count). The van der Waals surface area contributed by atoms with E-state index in [-0.39, 0.29) is 17.5 Å². The lowest BCUT2D eigenvalue weighted by atomic mass is 9.87. The Morgan fingerprint density at radius 2 is 1.78 bits per heavy atom. The van der Waals surface area contributed by atoms with E-state index in [1.54, 1.807) is 0 Å². The molecule has 1 fully saturated rings. The third kappa shape index (κ3) is 6.02. The van der Waals surface area contributed by atoms with Gasteiger partial charge in [0, 0.05) is 54.0 Å². The first kappa shape index (κ1) is 27.6. The van der Waals surface area contributed by atoms with E-state index in [2.05, 4.69) is 31.4 Å². The molecule has 0 radical (unpaired) electrons. The molecule has 3 aromatic rings. The lowest BCUT2D eigenvalue weighted by molar-refractivity contribution is 0.0642. The number of carbonyl (C=O) groups is 1. The number of amides is 1. The van der Waals surface area contributed by atoms with E-state index in [1.807, 2.05) is 58.0 Å². The zero-order chi connectivity index (χ0) is 26.6. The summed E-state index contributed by atoms with van der Waals surface area (Å²) in [5, 5.41) is 8.23. The van der Waals surface area contributed by atoms with Crippen molar-refractivity contribution < 1.29 is 4.79 Å². The fourth-order valence-electron chi connectivity index (χ4n) is 4.90. The number of nitrogens with zero attached hydrogens (tertiary/aromatic N) is 3. The minimum atomic E-state index is -0.126. The SMILES string of the molecule is CCNC1(CN)CCN(C(=O)c2nc(-c3ccccc3Cl)n(-c3ccc(Cl)cc3)c2CNC(C)C)CC1. The number of halogens is 2. The van der Waals surface area contributed by atoms with Crippen LogP contribution >= 0.6 is 23.2 Å². The number of likely N-dealkylation sites (N-methyl/N-ethyl adjacent to an activating group) is 1. The summed E-state index contributed by atoms with van der Waals surface area (Å²) in [6.45, 7) is 9.36. The Hall–Kier alpha value is -2.42. The Morgan fingerprint density at radius 1 is 1.11 bits per heavy atom. The van der Waals surface area contributed by atoms with Crippen LogP contribution in [0, 0.1) is 0 Å². The largest absolute Gasteiger partial charge is 0.337 e. The Labute approximate surface area is 229 Å². The molecule has 1 aromatic heterocycles. The topological polar surface area (TPSA) is 88.2 Å². The molecular weight excluding hydrogens is 507 g/mol. The number of nitrogens with one attached hydrogen (secondary N) is 2. The maximum atomic E-state index is 14.0. The molecule has 1 saturated heterocycles. The highest BCUT2D eigenvalue weighted by Gasteiger charge is 2.36. The van der Waals surface area contributed by atoms with E-state index < -0.39 is 0 Å². The van der Waals surface area contributed by atoms with Crippen molar-refractivity contribution in [2.75, 3.05) is 26.2 Å². The predicted octanol–water partition coefficient (Wildman–Crippen LogP) is 4.89. The van der Waals surface area contributed by atoms with Crippen molar-refractivity contribution in [2.45, 2.75) is 51.7 Å². The van der Waals surface area contributed by atoms with Crippen molar-refractivity contribution in [3.05, 3.63) is 70.0 Å². The van der Waals surface area contributed by atoms with E-state index in [9.17, 15) is 4.79 Å². The fourth-order valence-corrected chi connectivity index (χ4v) is 5.24. The van der Waals surface area contributed by atoms with Crippen LogP contribution in [0.4, 0.5) is 0 Å². The van der Waals surface area contributed by atoms with Crippen molar-refractivity contribution in [2.24, 2.45) is 5.73 Å². The van der Waals surface area contributed by atoms with Gasteiger partial charge in [-0.3, -0.25) is 9.36 Å². The van der Waals surface area contributed by atoms with Crippen LogP contribution in [-0.4, -0.2) is 58.1 Å². The van der Waals surface area contributed by atoms with E-state index in [1.165, 1.54) is 0 Å². The predicted molar refractivity (Wildman–Crippen MR) is 152 cm³/mol. The third-order valence-corrected chi connectivity index (χ3v) is 7.58. The standard InChI is InChI=1S/C28H36Cl2N6O/c1-4-33-28(18-31)13-15-35(16-14-28)27(37)25-24(17-32-19(2)3)36(21-11-9-20(29)10-12-21)26(34-25)22-7-5-6-8-23(22)30/h5-12,19,32-33H,4,13-18,31H2,1-3H3. The number of carbonyl (C=O) groups excluding carboxylic acids is 1. The van der Waals surface area contributed by atoms with Gasteiger partial charge in [-0.15, -0.1) is 0 Å². The summed E-state index contributed by atoms with van der Waals surface area (Å²) in [5.41, 5.74) is 8.83. The highest BCUT2D eigenvalue weighted by atomic mass is 35.5. The first-order valence-corrected chi connectivity index (χ1v) is 13.6. The molecule has 0 aliphatic carbocycles. The van der Waals surface area contributed by atoms with Crippen LogP contribution in [0.3, 0.4) is 0 Å². The van der Waals surface area contributed by atoms with E-state index >= 15 is 0 Å². The van der Waals surface area contributed by atoms with Crippen LogP contribution in [0.5, 0.6) is 0 Å².